The first-order chi connectivity index (χ1) is 12.0. The van der Waals surface area contributed by atoms with Gasteiger partial charge in [-0.2, -0.15) is 0 Å². The number of piperidine rings is 1. The summed E-state index contributed by atoms with van der Waals surface area (Å²) in [5, 5.41) is 9.02. The number of aromatic carboxylic acids is 1. The van der Waals surface area contributed by atoms with Crippen LogP contribution in [0.2, 0.25) is 0 Å². The second kappa shape index (κ2) is 7.23. The van der Waals surface area contributed by atoms with Crippen LogP contribution in [-0.2, 0) is 6.54 Å². The summed E-state index contributed by atoms with van der Waals surface area (Å²) in [5.74, 6) is -0.496. The number of carboxylic acid groups (broad SMARTS) is 1. The lowest BCUT2D eigenvalue weighted by Crippen LogP contribution is -2.35. The van der Waals surface area contributed by atoms with Gasteiger partial charge in [0.1, 0.15) is 0 Å². The van der Waals surface area contributed by atoms with Crippen LogP contribution < -0.4 is 5.43 Å². The van der Waals surface area contributed by atoms with Crippen molar-refractivity contribution >= 4 is 5.97 Å². The summed E-state index contributed by atoms with van der Waals surface area (Å²) in [5.41, 5.74) is 4.15. The maximum absolute atomic E-state index is 12.1. The molecule has 0 unspecified atom stereocenters. The number of aryl methyl sites for hydroxylation is 1. The van der Waals surface area contributed by atoms with E-state index in [0.717, 1.165) is 49.3 Å². The predicted molar refractivity (Wildman–Crippen MR) is 97.2 cm³/mol. The van der Waals surface area contributed by atoms with Gasteiger partial charge in [0, 0.05) is 36.1 Å². The molecule has 2 aromatic rings. The summed E-state index contributed by atoms with van der Waals surface area (Å²) < 4.78 is 0. The molecule has 1 aliphatic rings. The van der Waals surface area contributed by atoms with Crippen molar-refractivity contribution in [2.75, 3.05) is 13.1 Å². The van der Waals surface area contributed by atoms with Gasteiger partial charge in [0.15, 0.2) is 5.43 Å². The molecule has 132 valence electrons. The number of pyridine rings is 1. The summed E-state index contributed by atoms with van der Waals surface area (Å²) in [6.07, 6.45) is 3.99. The maximum atomic E-state index is 12.1. The summed E-state index contributed by atoms with van der Waals surface area (Å²) in [6.45, 7) is 6.38. The molecule has 0 radical (unpaired) electrons. The molecular formula is C20H24N2O3. The van der Waals surface area contributed by atoms with Gasteiger partial charge >= 0.3 is 5.97 Å². The smallest absolute Gasteiger partial charge is 0.335 e. The molecule has 5 nitrogen and oxygen atoms in total. The number of rotatable bonds is 4. The summed E-state index contributed by atoms with van der Waals surface area (Å²) in [6, 6.07) is 7.21. The normalized spacial score (nSPS) is 18.2. The Morgan fingerprint density at radius 1 is 1.28 bits per heavy atom. The predicted octanol–water partition coefficient (Wildman–Crippen LogP) is 3.07. The van der Waals surface area contributed by atoms with E-state index in [0.29, 0.717) is 11.5 Å². The average molecular weight is 340 g/mol. The molecular weight excluding hydrogens is 316 g/mol. The molecule has 0 aliphatic carbocycles. The molecule has 1 atom stereocenters. The minimum atomic E-state index is -0.893. The molecule has 1 aromatic carbocycles. The molecule has 1 aliphatic heterocycles. The second-order valence-electron chi connectivity index (χ2n) is 6.91. The minimum Gasteiger partial charge on any atom is -0.478 e. The van der Waals surface area contributed by atoms with Gasteiger partial charge in [-0.3, -0.25) is 9.69 Å². The Labute approximate surface area is 147 Å². The van der Waals surface area contributed by atoms with Crippen molar-refractivity contribution in [3.63, 3.8) is 0 Å². The van der Waals surface area contributed by atoms with Gasteiger partial charge in [-0.25, -0.2) is 4.79 Å². The first-order valence-electron chi connectivity index (χ1n) is 8.69. The van der Waals surface area contributed by atoms with Crippen molar-refractivity contribution in [1.82, 2.24) is 9.88 Å². The number of aromatic amines is 1. The highest BCUT2D eigenvalue weighted by atomic mass is 16.4. The Kier molecular flexibility index (Phi) is 5.04. The third kappa shape index (κ3) is 3.82. The van der Waals surface area contributed by atoms with E-state index in [1.54, 1.807) is 18.3 Å². The number of hydrogen-bond acceptors (Lipinski definition) is 3. The lowest BCUT2D eigenvalue weighted by molar-refractivity contribution is 0.0697. The van der Waals surface area contributed by atoms with Crippen molar-refractivity contribution in [1.29, 1.82) is 0 Å². The number of nitrogens with zero attached hydrogens (tertiary/aromatic N) is 1. The zero-order valence-electron chi connectivity index (χ0n) is 14.7. The molecule has 0 bridgehead atoms. The van der Waals surface area contributed by atoms with E-state index in [2.05, 4.69) is 9.88 Å². The number of nitrogens with one attached hydrogen (secondary N) is 1. The molecule has 25 heavy (non-hydrogen) atoms. The van der Waals surface area contributed by atoms with Crippen LogP contribution in [0, 0.1) is 13.8 Å². The lowest BCUT2D eigenvalue weighted by atomic mass is 9.90. The highest BCUT2D eigenvalue weighted by Crippen LogP contribution is 2.28. The molecule has 1 saturated heterocycles. The fourth-order valence-corrected chi connectivity index (χ4v) is 3.56. The van der Waals surface area contributed by atoms with E-state index in [-0.39, 0.29) is 5.43 Å². The number of benzene rings is 1. The van der Waals surface area contributed by atoms with Crippen LogP contribution in [0.5, 0.6) is 0 Å². The van der Waals surface area contributed by atoms with Crippen LogP contribution in [0.4, 0.5) is 0 Å². The average Bonchev–Trinajstić information content (AvgIpc) is 2.62. The highest BCUT2D eigenvalue weighted by molar-refractivity contribution is 5.87. The minimum absolute atomic E-state index is 0.117. The summed E-state index contributed by atoms with van der Waals surface area (Å²) in [7, 11) is 0. The lowest BCUT2D eigenvalue weighted by Gasteiger charge is -2.33. The van der Waals surface area contributed by atoms with E-state index >= 15 is 0 Å². The Hall–Kier alpha value is -2.40. The molecule has 2 N–H and O–H groups in total. The van der Waals surface area contributed by atoms with E-state index in [1.165, 1.54) is 5.56 Å². The SMILES string of the molecule is Cc1c[nH]c(CN2CCC[C@H](c3ccc(C(=O)O)cc3)C2)c(C)c1=O. The zero-order valence-corrected chi connectivity index (χ0v) is 14.7. The first-order valence-corrected chi connectivity index (χ1v) is 8.69. The topological polar surface area (TPSA) is 73.4 Å². The summed E-state index contributed by atoms with van der Waals surface area (Å²) in [4.78, 5) is 28.7. The van der Waals surface area contributed by atoms with Crippen molar-refractivity contribution in [2.45, 2.75) is 39.2 Å². The largest absolute Gasteiger partial charge is 0.478 e. The fraction of sp³-hybridized carbons (Fsp3) is 0.400. The van der Waals surface area contributed by atoms with Gasteiger partial charge in [-0.15, -0.1) is 0 Å². The van der Waals surface area contributed by atoms with Gasteiger partial charge in [0.05, 0.1) is 5.56 Å². The van der Waals surface area contributed by atoms with Crippen LogP contribution in [0.15, 0.2) is 35.3 Å². The highest BCUT2D eigenvalue weighted by Gasteiger charge is 2.22. The van der Waals surface area contributed by atoms with Crippen LogP contribution in [0.3, 0.4) is 0 Å². The van der Waals surface area contributed by atoms with E-state index in [9.17, 15) is 9.59 Å². The monoisotopic (exact) mass is 340 g/mol. The number of likely N-dealkylation sites (tertiary alicyclic amines) is 1. The van der Waals surface area contributed by atoms with E-state index < -0.39 is 5.97 Å². The third-order valence-electron chi connectivity index (χ3n) is 5.13. The number of H-pyrrole nitrogens is 1. The maximum Gasteiger partial charge on any atom is 0.335 e. The quantitative estimate of drug-likeness (QED) is 0.897. The molecule has 3 rings (SSSR count). The van der Waals surface area contributed by atoms with E-state index in [4.69, 9.17) is 5.11 Å². The number of aromatic nitrogens is 1. The van der Waals surface area contributed by atoms with Gasteiger partial charge in [-0.05, 0) is 56.8 Å². The zero-order chi connectivity index (χ0) is 18.0. The molecule has 0 saturated carbocycles. The summed E-state index contributed by atoms with van der Waals surface area (Å²) >= 11 is 0. The van der Waals surface area contributed by atoms with Crippen LogP contribution in [0.1, 0.15) is 51.5 Å². The van der Waals surface area contributed by atoms with Gasteiger partial charge in [-0.1, -0.05) is 12.1 Å². The molecule has 0 amide bonds. The van der Waals surface area contributed by atoms with Crippen molar-refractivity contribution in [2.24, 2.45) is 0 Å². The number of carboxylic acids is 1. The second-order valence-corrected chi connectivity index (χ2v) is 6.91. The van der Waals surface area contributed by atoms with Gasteiger partial charge in [0.25, 0.3) is 0 Å². The Morgan fingerprint density at radius 3 is 2.68 bits per heavy atom. The molecule has 1 fully saturated rings. The molecule has 1 aromatic heterocycles. The van der Waals surface area contributed by atoms with Gasteiger partial charge in [0.2, 0.25) is 0 Å². The van der Waals surface area contributed by atoms with Crippen LogP contribution in [-0.4, -0.2) is 34.0 Å². The third-order valence-corrected chi connectivity index (χ3v) is 5.13. The van der Waals surface area contributed by atoms with Crippen LogP contribution in [0.25, 0.3) is 0 Å². The standard InChI is InChI=1S/C20H24N2O3/c1-13-10-21-18(14(2)19(13)23)12-22-9-3-4-17(11-22)15-5-7-16(8-6-15)20(24)25/h5-8,10,17H,3-4,9,11-12H2,1-2H3,(H,21,23)(H,24,25)/t17-/m0/s1. The Balaban J connectivity index is 1.72. The molecule has 0 spiro atoms. The Morgan fingerprint density at radius 2 is 2.00 bits per heavy atom. The van der Waals surface area contributed by atoms with Crippen LogP contribution >= 0.6 is 0 Å². The number of hydrogen-bond donors (Lipinski definition) is 2. The van der Waals surface area contributed by atoms with E-state index in [1.807, 2.05) is 26.0 Å². The fourth-order valence-electron chi connectivity index (χ4n) is 3.56. The van der Waals surface area contributed by atoms with Crippen molar-refractivity contribution in [3.05, 3.63) is 68.6 Å². The number of carbonyl (C=O) groups is 1. The van der Waals surface area contributed by atoms with Crippen molar-refractivity contribution < 1.29 is 9.90 Å². The molecule has 5 heteroatoms. The van der Waals surface area contributed by atoms with Crippen molar-refractivity contribution in [3.8, 4) is 0 Å². The first kappa shape index (κ1) is 17.4. The Bertz CT molecular complexity index is 824. The molecule has 2 heterocycles. The van der Waals surface area contributed by atoms with Gasteiger partial charge < -0.3 is 10.1 Å².